The van der Waals surface area contributed by atoms with E-state index in [9.17, 15) is 14.7 Å². The van der Waals surface area contributed by atoms with Crippen molar-refractivity contribution in [2.24, 2.45) is 5.92 Å². The Morgan fingerprint density at radius 1 is 1.19 bits per heavy atom. The van der Waals surface area contributed by atoms with Gasteiger partial charge in [-0.2, -0.15) is 0 Å². The Kier molecular flexibility index (Phi) is 5.35. The number of carbonyl (C=O) groups is 2. The van der Waals surface area contributed by atoms with E-state index < -0.39 is 17.9 Å². The molecule has 0 aliphatic carbocycles. The monoisotopic (exact) mass is 369 g/mol. The molecule has 2 atom stereocenters. The van der Waals surface area contributed by atoms with Crippen LogP contribution in [0.25, 0.3) is 0 Å². The van der Waals surface area contributed by atoms with E-state index in [4.69, 9.17) is 9.47 Å². The van der Waals surface area contributed by atoms with Crippen molar-refractivity contribution in [1.82, 2.24) is 5.32 Å². The molecule has 27 heavy (non-hydrogen) atoms. The molecule has 1 aliphatic heterocycles. The maximum absolute atomic E-state index is 12.7. The smallest absolute Gasteiger partial charge is 0.330 e. The molecule has 0 saturated heterocycles. The molecule has 6 nitrogen and oxygen atoms in total. The molecule has 0 radical (unpaired) electrons. The molecule has 1 heterocycles. The van der Waals surface area contributed by atoms with E-state index in [1.165, 1.54) is 0 Å². The van der Waals surface area contributed by atoms with E-state index in [-0.39, 0.29) is 12.5 Å². The van der Waals surface area contributed by atoms with Crippen LogP contribution in [-0.2, 0) is 16.0 Å². The zero-order valence-electron chi connectivity index (χ0n) is 15.6. The second-order valence-electron chi connectivity index (χ2n) is 6.89. The van der Waals surface area contributed by atoms with Crippen LogP contribution >= 0.6 is 0 Å². The molecule has 2 unspecified atom stereocenters. The molecule has 2 aromatic carbocycles. The van der Waals surface area contributed by atoms with Crippen LogP contribution in [0.1, 0.15) is 28.3 Å². The van der Waals surface area contributed by atoms with Gasteiger partial charge in [0.25, 0.3) is 0 Å². The van der Waals surface area contributed by atoms with Gasteiger partial charge >= 0.3 is 5.97 Å². The summed E-state index contributed by atoms with van der Waals surface area (Å²) in [4.78, 5) is 24.5. The first-order chi connectivity index (χ1) is 12.9. The normalized spacial score (nSPS) is 16.6. The van der Waals surface area contributed by atoms with Crippen molar-refractivity contribution in [2.45, 2.75) is 26.3 Å². The van der Waals surface area contributed by atoms with Gasteiger partial charge < -0.3 is 19.9 Å². The van der Waals surface area contributed by atoms with Gasteiger partial charge in [-0.3, -0.25) is 4.79 Å². The minimum Gasteiger partial charge on any atom is -0.497 e. The summed E-state index contributed by atoms with van der Waals surface area (Å²) >= 11 is 0. The molecule has 6 heteroatoms. The Morgan fingerprint density at radius 3 is 2.52 bits per heavy atom. The number of nitrogens with one attached hydrogen (secondary N) is 1. The van der Waals surface area contributed by atoms with Gasteiger partial charge in [0.15, 0.2) is 6.04 Å². The van der Waals surface area contributed by atoms with Crippen molar-refractivity contribution in [3.63, 3.8) is 0 Å². The van der Waals surface area contributed by atoms with Crippen LogP contribution in [0.4, 0.5) is 0 Å². The second kappa shape index (κ2) is 7.70. The zero-order valence-corrected chi connectivity index (χ0v) is 15.6. The maximum atomic E-state index is 12.7. The first-order valence-electron chi connectivity index (χ1n) is 8.78. The van der Waals surface area contributed by atoms with Crippen LogP contribution in [0.5, 0.6) is 11.5 Å². The van der Waals surface area contributed by atoms with Gasteiger partial charge in [-0.15, -0.1) is 0 Å². The molecular weight excluding hydrogens is 346 g/mol. The number of methoxy groups -OCH3 is 1. The lowest BCUT2D eigenvalue weighted by Crippen LogP contribution is -2.41. The number of aryl methyl sites for hydroxylation is 2. The lowest BCUT2D eigenvalue weighted by molar-refractivity contribution is -0.143. The summed E-state index contributed by atoms with van der Waals surface area (Å²) in [5.41, 5.74) is 3.34. The van der Waals surface area contributed by atoms with Crippen LogP contribution in [-0.4, -0.2) is 30.7 Å². The van der Waals surface area contributed by atoms with Crippen LogP contribution in [0.15, 0.2) is 36.4 Å². The third-order valence-corrected chi connectivity index (χ3v) is 4.66. The number of carboxylic acid groups (broad SMARTS) is 1. The second-order valence-corrected chi connectivity index (χ2v) is 6.89. The average molecular weight is 369 g/mol. The molecular formula is C21H23NO5. The third-order valence-electron chi connectivity index (χ3n) is 4.66. The summed E-state index contributed by atoms with van der Waals surface area (Å²) in [6.45, 7) is 4.01. The van der Waals surface area contributed by atoms with E-state index in [0.717, 1.165) is 22.4 Å². The van der Waals surface area contributed by atoms with Crippen molar-refractivity contribution in [3.05, 3.63) is 58.7 Å². The molecule has 0 spiro atoms. The lowest BCUT2D eigenvalue weighted by atomic mass is 9.94. The van der Waals surface area contributed by atoms with Crippen molar-refractivity contribution in [1.29, 1.82) is 0 Å². The van der Waals surface area contributed by atoms with Crippen LogP contribution in [0.3, 0.4) is 0 Å². The minimum absolute atomic E-state index is 0.213. The van der Waals surface area contributed by atoms with Gasteiger partial charge in [0, 0.05) is 0 Å². The van der Waals surface area contributed by atoms with Crippen molar-refractivity contribution < 1.29 is 24.2 Å². The average Bonchev–Trinajstić information content (AvgIpc) is 2.63. The Morgan fingerprint density at radius 2 is 1.89 bits per heavy atom. The number of hydrogen-bond donors (Lipinski definition) is 2. The molecule has 3 rings (SSSR count). The molecule has 0 fully saturated rings. The topological polar surface area (TPSA) is 84.9 Å². The fourth-order valence-electron chi connectivity index (χ4n) is 3.39. The molecule has 142 valence electrons. The summed E-state index contributed by atoms with van der Waals surface area (Å²) in [7, 11) is 1.58. The highest BCUT2D eigenvalue weighted by Gasteiger charge is 2.30. The van der Waals surface area contributed by atoms with Crippen molar-refractivity contribution in [2.75, 3.05) is 13.7 Å². The van der Waals surface area contributed by atoms with Crippen LogP contribution in [0, 0.1) is 19.8 Å². The predicted molar refractivity (Wildman–Crippen MR) is 100 cm³/mol. The number of carboxylic acids is 1. The minimum atomic E-state index is -1.09. The first-order valence-corrected chi connectivity index (χ1v) is 8.78. The fraction of sp³-hybridized carbons (Fsp3) is 0.333. The van der Waals surface area contributed by atoms with Crippen LogP contribution in [0.2, 0.25) is 0 Å². The van der Waals surface area contributed by atoms with E-state index in [1.54, 1.807) is 25.3 Å². The quantitative estimate of drug-likeness (QED) is 0.847. The molecule has 1 amide bonds. The van der Waals surface area contributed by atoms with Gasteiger partial charge in [-0.1, -0.05) is 29.3 Å². The predicted octanol–water partition coefficient (Wildman–Crippen LogP) is 2.81. The number of fused-ring (bicyclic) bond motifs is 1. The molecule has 2 aromatic rings. The Labute approximate surface area is 158 Å². The number of amides is 1. The van der Waals surface area contributed by atoms with E-state index in [1.807, 2.05) is 32.0 Å². The summed E-state index contributed by atoms with van der Waals surface area (Å²) in [5, 5.41) is 12.3. The number of aliphatic carboxylic acids is 1. The van der Waals surface area contributed by atoms with E-state index >= 15 is 0 Å². The first kappa shape index (κ1) is 18.8. The maximum Gasteiger partial charge on any atom is 0.330 e. The fourth-order valence-corrected chi connectivity index (χ4v) is 3.39. The Hall–Kier alpha value is -3.02. The van der Waals surface area contributed by atoms with Gasteiger partial charge in [-0.05, 0) is 49.6 Å². The third kappa shape index (κ3) is 4.22. The molecule has 0 aromatic heterocycles. The number of carbonyl (C=O) groups excluding carboxylic acids is 1. The van der Waals surface area contributed by atoms with Gasteiger partial charge in [0.05, 0.1) is 13.0 Å². The summed E-state index contributed by atoms with van der Waals surface area (Å²) in [6.07, 6.45) is 0.470. The van der Waals surface area contributed by atoms with Crippen LogP contribution < -0.4 is 14.8 Å². The highest BCUT2D eigenvalue weighted by Crippen LogP contribution is 2.31. The number of hydrogen-bond acceptors (Lipinski definition) is 4. The molecule has 0 saturated carbocycles. The van der Waals surface area contributed by atoms with E-state index in [2.05, 4.69) is 5.32 Å². The Balaban J connectivity index is 1.77. The highest BCUT2D eigenvalue weighted by atomic mass is 16.5. The largest absolute Gasteiger partial charge is 0.497 e. The van der Waals surface area contributed by atoms with Crippen molar-refractivity contribution >= 4 is 11.9 Å². The standard InChI is InChI=1S/C21H23NO5/c1-12-6-13(2)8-15(7-12)19(21(24)25)22-20(23)16-9-14-10-17(26-3)4-5-18(14)27-11-16/h4-8,10,16,19H,9,11H2,1-3H3,(H,22,23)(H,24,25). The molecule has 1 aliphatic rings. The van der Waals surface area contributed by atoms with Gasteiger partial charge in [0.2, 0.25) is 5.91 Å². The molecule has 2 N–H and O–H groups in total. The highest BCUT2D eigenvalue weighted by molar-refractivity contribution is 5.86. The number of benzene rings is 2. The number of ether oxygens (including phenoxy) is 2. The van der Waals surface area contributed by atoms with Crippen molar-refractivity contribution in [3.8, 4) is 11.5 Å². The summed E-state index contributed by atoms with van der Waals surface area (Å²) in [6, 6.07) is 9.89. The number of rotatable bonds is 5. The molecule has 0 bridgehead atoms. The summed E-state index contributed by atoms with van der Waals surface area (Å²) < 4.78 is 10.9. The SMILES string of the molecule is COc1ccc2c(c1)CC(C(=O)NC(C(=O)O)c1cc(C)cc(C)c1)CO2. The Bertz CT molecular complexity index is 857. The van der Waals surface area contributed by atoms with E-state index in [0.29, 0.717) is 17.7 Å². The zero-order chi connectivity index (χ0) is 19.6. The lowest BCUT2D eigenvalue weighted by Gasteiger charge is -2.26. The van der Waals surface area contributed by atoms with Gasteiger partial charge in [0.1, 0.15) is 18.1 Å². The van der Waals surface area contributed by atoms with Gasteiger partial charge in [-0.25, -0.2) is 4.79 Å². The summed E-state index contributed by atoms with van der Waals surface area (Å²) in [5.74, 6) is -0.472.